The second-order valence-corrected chi connectivity index (χ2v) is 12.1. The van der Waals surface area contributed by atoms with Crippen LogP contribution in [0.15, 0.2) is 72.9 Å². The molecule has 1 saturated heterocycles. The summed E-state index contributed by atoms with van der Waals surface area (Å²) in [5.74, 6) is 1.01. The first-order valence-electron chi connectivity index (χ1n) is 14.5. The van der Waals surface area contributed by atoms with Crippen LogP contribution in [0.1, 0.15) is 56.1 Å². The molecule has 9 heteroatoms. The predicted octanol–water partition coefficient (Wildman–Crippen LogP) is 7.58. The Bertz CT molecular complexity index is 1660. The number of alkyl halides is 1. The molecule has 1 unspecified atom stereocenters. The van der Waals surface area contributed by atoms with Crippen LogP contribution in [0.4, 0.5) is 26.4 Å². The van der Waals surface area contributed by atoms with Crippen LogP contribution in [0.25, 0.3) is 11.6 Å². The Morgan fingerprint density at radius 3 is 2.44 bits per heavy atom. The number of fused-ring (bicyclic) bond motifs is 1. The van der Waals surface area contributed by atoms with Crippen molar-refractivity contribution in [1.82, 2.24) is 9.88 Å². The summed E-state index contributed by atoms with van der Waals surface area (Å²) in [5, 5.41) is 5.86. The van der Waals surface area contributed by atoms with E-state index in [9.17, 15) is 14.0 Å². The number of allylic oxidation sites excluding steroid dienone is 1. The van der Waals surface area contributed by atoms with Crippen molar-refractivity contribution in [3.05, 3.63) is 105 Å². The van der Waals surface area contributed by atoms with Gasteiger partial charge in [0.1, 0.15) is 12.5 Å². The first-order valence-corrected chi connectivity index (χ1v) is 15.3. The number of rotatable bonds is 6. The summed E-state index contributed by atoms with van der Waals surface area (Å²) in [6, 6.07) is 20.9. The highest BCUT2D eigenvalue weighted by Gasteiger charge is 2.27. The van der Waals surface area contributed by atoms with Gasteiger partial charge in [-0.1, -0.05) is 55.5 Å². The Morgan fingerprint density at radius 2 is 1.72 bits per heavy atom. The van der Waals surface area contributed by atoms with Crippen LogP contribution in [0.5, 0.6) is 0 Å². The summed E-state index contributed by atoms with van der Waals surface area (Å²) < 4.78 is 13.2. The molecule has 43 heavy (non-hydrogen) atoms. The Kier molecular flexibility index (Phi) is 8.24. The zero-order valence-corrected chi connectivity index (χ0v) is 25.1. The van der Waals surface area contributed by atoms with E-state index in [1.165, 1.54) is 21.6 Å². The van der Waals surface area contributed by atoms with Gasteiger partial charge in [-0.05, 0) is 65.8 Å². The summed E-state index contributed by atoms with van der Waals surface area (Å²) in [6.07, 6.45) is 4.88. The monoisotopic (exact) mass is 595 g/mol. The Morgan fingerprint density at radius 1 is 0.977 bits per heavy atom. The standard InChI is InChI=1S/C34H34FN5O2S/c1-22-18-26(24-8-4-3-5-9-24)19-28-23(2)32(43-31(22)28)33(41)37-27-12-13-30(36-21-27)39-14-16-40(17-15-39)34(42)38-29-11-7-6-10-25(29)20-35/h3-13,19,21-22H,14-18,20H2,1-2H3,(H,37,41)(H,38,42). The van der Waals surface area contributed by atoms with Crippen molar-refractivity contribution in [1.29, 1.82) is 0 Å². The number of pyridine rings is 1. The molecule has 6 rings (SSSR count). The molecule has 1 aliphatic heterocycles. The van der Waals surface area contributed by atoms with Gasteiger partial charge in [-0.2, -0.15) is 0 Å². The fraction of sp³-hybridized carbons (Fsp3) is 0.265. The van der Waals surface area contributed by atoms with E-state index in [4.69, 9.17) is 0 Å². The molecule has 2 aliphatic rings. The van der Waals surface area contributed by atoms with Crippen molar-refractivity contribution in [3.8, 4) is 0 Å². The molecule has 7 nitrogen and oxygen atoms in total. The number of nitrogens with one attached hydrogen (secondary N) is 2. The van der Waals surface area contributed by atoms with E-state index in [1.54, 1.807) is 46.7 Å². The van der Waals surface area contributed by atoms with E-state index in [0.29, 0.717) is 49.0 Å². The minimum atomic E-state index is -0.631. The third-order valence-electron chi connectivity index (χ3n) is 8.16. The van der Waals surface area contributed by atoms with E-state index in [0.717, 1.165) is 22.7 Å². The number of thiophene rings is 1. The molecule has 1 aliphatic carbocycles. The quantitative estimate of drug-likeness (QED) is 0.241. The van der Waals surface area contributed by atoms with Gasteiger partial charge in [0.15, 0.2) is 0 Å². The van der Waals surface area contributed by atoms with Gasteiger partial charge in [0.25, 0.3) is 5.91 Å². The maximum absolute atomic E-state index is 13.3. The number of para-hydroxylation sites is 1. The zero-order valence-electron chi connectivity index (χ0n) is 24.3. The van der Waals surface area contributed by atoms with E-state index >= 15 is 0 Å². The summed E-state index contributed by atoms with van der Waals surface area (Å²) in [5.41, 5.74) is 6.31. The lowest BCUT2D eigenvalue weighted by Gasteiger charge is -2.35. The van der Waals surface area contributed by atoms with Gasteiger partial charge in [0.05, 0.1) is 16.8 Å². The van der Waals surface area contributed by atoms with Crippen LogP contribution in [0, 0.1) is 6.92 Å². The number of hydrogen-bond donors (Lipinski definition) is 2. The fourth-order valence-corrected chi connectivity index (χ4v) is 6.98. The lowest BCUT2D eigenvalue weighted by Crippen LogP contribution is -2.50. The van der Waals surface area contributed by atoms with Crippen molar-refractivity contribution in [2.75, 3.05) is 41.7 Å². The second-order valence-electron chi connectivity index (χ2n) is 11.0. The van der Waals surface area contributed by atoms with Gasteiger partial charge in [0.2, 0.25) is 0 Å². The number of piperazine rings is 1. The smallest absolute Gasteiger partial charge is 0.321 e. The van der Waals surface area contributed by atoms with Crippen molar-refractivity contribution in [2.45, 2.75) is 32.9 Å². The van der Waals surface area contributed by atoms with E-state index in [-0.39, 0.29) is 11.9 Å². The average Bonchev–Trinajstić information content (AvgIpc) is 3.39. The SMILES string of the molecule is Cc1c(C(=O)Nc2ccc(N3CCN(C(=O)Nc4ccccc4CF)CC3)nc2)sc2c1C=C(c1ccccc1)CC2C. The first-order chi connectivity index (χ1) is 20.9. The summed E-state index contributed by atoms with van der Waals surface area (Å²) in [6.45, 7) is 5.90. The molecule has 0 spiro atoms. The number of carbonyl (C=O) groups excluding carboxylic acids is 2. The molecule has 220 valence electrons. The predicted molar refractivity (Wildman–Crippen MR) is 173 cm³/mol. The zero-order chi connectivity index (χ0) is 29.9. The number of anilines is 3. The lowest BCUT2D eigenvalue weighted by atomic mass is 9.85. The number of carbonyl (C=O) groups is 2. The van der Waals surface area contributed by atoms with Gasteiger partial charge in [-0.15, -0.1) is 11.3 Å². The van der Waals surface area contributed by atoms with Crippen molar-refractivity contribution >= 4 is 52.1 Å². The largest absolute Gasteiger partial charge is 0.353 e. The third kappa shape index (κ3) is 6.03. The molecule has 4 aromatic rings. The Balaban J connectivity index is 1.07. The van der Waals surface area contributed by atoms with Crippen molar-refractivity contribution < 1.29 is 14.0 Å². The Labute approximate surface area is 255 Å². The van der Waals surface area contributed by atoms with Crippen LogP contribution < -0.4 is 15.5 Å². The lowest BCUT2D eigenvalue weighted by molar-refractivity contribution is 0.103. The number of urea groups is 1. The van der Waals surface area contributed by atoms with Gasteiger partial charge in [0, 0.05) is 42.3 Å². The molecule has 2 N–H and O–H groups in total. The molecule has 0 saturated carbocycles. The highest BCUT2D eigenvalue weighted by molar-refractivity contribution is 7.14. The Hall–Kier alpha value is -4.50. The van der Waals surface area contributed by atoms with Crippen LogP contribution in [-0.2, 0) is 6.67 Å². The number of amides is 3. The number of benzene rings is 2. The number of aromatic nitrogens is 1. The van der Waals surface area contributed by atoms with E-state index in [1.807, 2.05) is 25.1 Å². The van der Waals surface area contributed by atoms with Gasteiger partial charge in [-0.3, -0.25) is 4.79 Å². The number of hydrogen-bond acceptors (Lipinski definition) is 5. The van der Waals surface area contributed by atoms with Crippen LogP contribution >= 0.6 is 11.3 Å². The maximum atomic E-state index is 13.3. The molecule has 0 bridgehead atoms. The molecule has 0 radical (unpaired) electrons. The average molecular weight is 596 g/mol. The highest BCUT2D eigenvalue weighted by Crippen LogP contribution is 2.44. The van der Waals surface area contributed by atoms with Crippen molar-refractivity contribution in [3.63, 3.8) is 0 Å². The molecule has 2 aromatic heterocycles. The summed E-state index contributed by atoms with van der Waals surface area (Å²) >= 11 is 1.58. The normalized spacial score (nSPS) is 16.3. The summed E-state index contributed by atoms with van der Waals surface area (Å²) in [4.78, 5) is 36.5. The van der Waals surface area contributed by atoms with Crippen LogP contribution in [-0.4, -0.2) is 48.0 Å². The maximum Gasteiger partial charge on any atom is 0.321 e. The minimum Gasteiger partial charge on any atom is -0.353 e. The van der Waals surface area contributed by atoms with Crippen LogP contribution in [0.3, 0.4) is 0 Å². The summed E-state index contributed by atoms with van der Waals surface area (Å²) in [7, 11) is 0. The molecular formula is C34H34FN5O2S. The van der Waals surface area contributed by atoms with Gasteiger partial charge >= 0.3 is 6.03 Å². The number of nitrogens with zero attached hydrogens (tertiary/aromatic N) is 3. The molecule has 1 atom stereocenters. The van der Waals surface area contributed by atoms with Gasteiger partial charge in [-0.25, -0.2) is 14.2 Å². The molecule has 3 amide bonds. The first kappa shape index (κ1) is 28.6. The second kappa shape index (κ2) is 12.4. The minimum absolute atomic E-state index is 0.123. The van der Waals surface area contributed by atoms with Gasteiger partial charge < -0.3 is 20.4 Å². The molecule has 3 heterocycles. The molecule has 1 fully saturated rings. The fourth-order valence-electron chi connectivity index (χ4n) is 5.75. The topological polar surface area (TPSA) is 77.6 Å². The third-order valence-corrected chi connectivity index (χ3v) is 9.70. The molecule has 2 aromatic carbocycles. The molecular weight excluding hydrogens is 561 g/mol. The van der Waals surface area contributed by atoms with Crippen LogP contribution in [0.2, 0.25) is 0 Å². The highest BCUT2D eigenvalue weighted by atomic mass is 32.1. The number of halogens is 1. The van der Waals surface area contributed by atoms with E-state index < -0.39 is 6.67 Å². The van der Waals surface area contributed by atoms with Crippen molar-refractivity contribution in [2.24, 2.45) is 0 Å². The van der Waals surface area contributed by atoms with E-state index in [2.05, 4.69) is 57.8 Å².